The van der Waals surface area contributed by atoms with Crippen LogP contribution in [0.25, 0.3) is 16.0 Å². The van der Waals surface area contributed by atoms with E-state index in [4.69, 9.17) is 16.3 Å². The number of Topliss-reactive ketones (excluding diaryl/α,β-unsaturated/α-hetero) is 1. The lowest BCUT2D eigenvalue weighted by Crippen LogP contribution is -2.28. The van der Waals surface area contributed by atoms with Crippen LogP contribution in [0.4, 0.5) is 5.13 Å². The van der Waals surface area contributed by atoms with Gasteiger partial charge in [0, 0.05) is 15.5 Å². The van der Waals surface area contributed by atoms with E-state index < -0.39 is 17.7 Å². The summed E-state index contributed by atoms with van der Waals surface area (Å²) in [6.45, 7) is 4.04. The first kappa shape index (κ1) is 23.5. The van der Waals surface area contributed by atoms with Gasteiger partial charge >= 0.3 is 5.91 Å². The van der Waals surface area contributed by atoms with Crippen LogP contribution in [0, 0.1) is 0 Å². The molecule has 35 heavy (non-hydrogen) atoms. The maximum Gasteiger partial charge on any atom is 0.301 e. The monoisotopic (exact) mass is 524 g/mol. The Balaban J connectivity index is 1.70. The second-order valence-electron chi connectivity index (χ2n) is 8.40. The Bertz CT molecular complexity index is 1490. The van der Waals surface area contributed by atoms with Crippen LogP contribution < -0.4 is 9.64 Å². The van der Waals surface area contributed by atoms with E-state index in [1.165, 1.54) is 27.6 Å². The van der Waals surface area contributed by atoms with Crippen molar-refractivity contribution in [3.05, 3.63) is 80.5 Å². The molecule has 1 N–H and O–H groups in total. The van der Waals surface area contributed by atoms with Crippen molar-refractivity contribution in [1.82, 2.24) is 4.98 Å². The van der Waals surface area contributed by atoms with Gasteiger partial charge in [0.05, 0.1) is 22.9 Å². The second kappa shape index (κ2) is 9.11. The van der Waals surface area contributed by atoms with Gasteiger partial charge in [-0.15, -0.1) is 11.3 Å². The molecular formula is C26H21ClN2O4S2. The van der Waals surface area contributed by atoms with Crippen molar-refractivity contribution in [3.63, 3.8) is 0 Å². The van der Waals surface area contributed by atoms with E-state index in [0.29, 0.717) is 27.0 Å². The Morgan fingerprint density at radius 3 is 2.66 bits per heavy atom. The van der Waals surface area contributed by atoms with Crippen molar-refractivity contribution >= 4 is 67.1 Å². The first-order valence-electron chi connectivity index (χ1n) is 10.9. The number of aliphatic hydroxyl groups excluding tert-OH is 1. The smallest absolute Gasteiger partial charge is 0.301 e. The predicted molar refractivity (Wildman–Crippen MR) is 141 cm³/mol. The molecule has 5 rings (SSSR count). The zero-order valence-corrected chi connectivity index (χ0v) is 21.5. The SMILES string of the molecule is COc1ccc(/C(O)=C2\C(=O)C(=O)N(c3nc4ccc(Cl)cc4s3)C2c2cccs2)cc1C(C)C. The van der Waals surface area contributed by atoms with Gasteiger partial charge in [-0.1, -0.05) is 42.9 Å². The summed E-state index contributed by atoms with van der Waals surface area (Å²) in [7, 11) is 1.59. The summed E-state index contributed by atoms with van der Waals surface area (Å²) in [5.74, 6) is -0.881. The Morgan fingerprint density at radius 1 is 1.17 bits per heavy atom. The number of aromatic nitrogens is 1. The number of nitrogens with zero attached hydrogens (tertiary/aromatic N) is 2. The minimum Gasteiger partial charge on any atom is -0.507 e. The van der Waals surface area contributed by atoms with Crippen molar-refractivity contribution in [1.29, 1.82) is 0 Å². The van der Waals surface area contributed by atoms with Gasteiger partial charge < -0.3 is 9.84 Å². The quantitative estimate of drug-likeness (QED) is 0.177. The average Bonchev–Trinajstić information content (AvgIpc) is 3.56. The molecule has 1 aliphatic heterocycles. The number of rotatable bonds is 5. The van der Waals surface area contributed by atoms with Crippen molar-refractivity contribution in [3.8, 4) is 5.75 Å². The first-order valence-corrected chi connectivity index (χ1v) is 13.0. The summed E-state index contributed by atoms with van der Waals surface area (Å²) in [5, 5.41) is 14.2. The van der Waals surface area contributed by atoms with Gasteiger partial charge in [-0.25, -0.2) is 4.98 Å². The highest BCUT2D eigenvalue weighted by Crippen LogP contribution is 2.46. The number of ether oxygens (including phenoxy) is 1. The van der Waals surface area contributed by atoms with E-state index in [0.717, 1.165) is 15.1 Å². The normalized spacial score (nSPS) is 17.6. The predicted octanol–water partition coefficient (Wildman–Crippen LogP) is 6.77. The molecule has 1 aliphatic rings. The lowest BCUT2D eigenvalue weighted by molar-refractivity contribution is -0.132. The molecule has 2 aromatic carbocycles. The summed E-state index contributed by atoms with van der Waals surface area (Å²) in [6.07, 6.45) is 0. The van der Waals surface area contributed by atoms with E-state index in [2.05, 4.69) is 4.98 Å². The maximum atomic E-state index is 13.3. The molecule has 1 atom stereocenters. The molecule has 4 aromatic rings. The van der Waals surface area contributed by atoms with Gasteiger partial charge in [0.1, 0.15) is 17.6 Å². The Labute approximate surface area is 215 Å². The van der Waals surface area contributed by atoms with Crippen molar-refractivity contribution in [2.75, 3.05) is 12.0 Å². The number of thiophene rings is 1. The molecule has 0 spiro atoms. The third kappa shape index (κ3) is 4.01. The molecule has 0 aliphatic carbocycles. The average molecular weight is 525 g/mol. The highest BCUT2D eigenvalue weighted by atomic mass is 35.5. The molecule has 0 radical (unpaired) electrons. The molecule has 1 fully saturated rings. The number of hydrogen-bond donors (Lipinski definition) is 1. The van der Waals surface area contributed by atoms with Crippen molar-refractivity contribution < 1.29 is 19.4 Å². The summed E-state index contributed by atoms with van der Waals surface area (Å²) in [5.41, 5.74) is 2.05. The topological polar surface area (TPSA) is 79.7 Å². The zero-order chi connectivity index (χ0) is 24.9. The minimum atomic E-state index is -0.796. The van der Waals surface area contributed by atoms with E-state index in [1.54, 1.807) is 43.5 Å². The van der Waals surface area contributed by atoms with Gasteiger partial charge in [0.15, 0.2) is 5.13 Å². The molecule has 0 bridgehead atoms. The molecule has 0 saturated carbocycles. The second-order valence-corrected chi connectivity index (χ2v) is 10.8. The third-order valence-corrected chi connectivity index (χ3v) is 8.10. The van der Waals surface area contributed by atoms with Gasteiger partial charge in [-0.05, 0) is 59.3 Å². The number of amides is 1. The number of ketones is 1. The van der Waals surface area contributed by atoms with Crippen LogP contribution in [-0.2, 0) is 9.59 Å². The molecule has 178 valence electrons. The van der Waals surface area contributed by atoms with Crippen LogP contribution in [0.5, 0.6) is 5.75 Å². The largest absolute Gasteiger partial charge is 0.507 e. The molecule has 9 heteroatoms. The summed E-state index contributed by atoms with van der Waals surface area (Å²) in [6, 6.07) is 13.4. The summed E-state index contributed by atoms with van der Waals surface area (Å²) < 4.78 is 6.26. The van der Waals surface area contributed by atoms with Crippen LogP contribution in [0.2, 0.25) is 5.02 Å². The Hall–Kier alpha value is -3.20. The Morgan fingerprint density at radius 2 is 1.97 bits per heavy atom. The molecule has 2 aromatic heterocycles. The minimum absolute atomic E-state index is 0.0367. The summed E-state index contributed by atoms with van der Waals surface area (Å²) >= 11 is 8.82. The van der Waals surface area contributed by atoms with Crippen LogP contribution in [0.3, 0.4) is 0 Å². The number of benzene rings is 2. The lowest BCUT2D eigenvalue weighted by Gasteiger charge is -2.21. The van der Waals surface area contributed by atoms with Gasteiger partial charge in [-0.2, -0.15) is 0 Å². The number of hydrogen-bond acceptors (Lipinski definition) is 7. The van der Waals surface area contributed by atoms with Crippen LogP contribution in [0.1, 0.15) is 41.8 Å². The van der Waals surface area contributed by atoms with Gasteiger partial charge in [0.2, 0.25) is 0 Å². The van der Waals surface area contributed by atoms with E-state index in [-0.39, 0.29) is 17.3 Å². The van der Waals surface area contributed by atoms with Crippen molar-refractivity contribution in [2.45, 2.75) is 25.8 Å². The van der Waals surface area contributed by atoms with E-state index in [9.17, 15) is 14.7 Å². The number of carbonyl (C=O) groups excluding carboxylic acids is 2. The van der Waals surface area contributed by atoms with Crippen LogP contribution in [-0.4, -0.2) is 28.9 Å². The van der Waals surface area contributed by atoms with Crippen LogP contribution >= 0.6 is 34.3 Å². The maximum absolute atomic E-state index is 13.3. The van der Waals surface area contributed by atoms with E-state index >= 15 is 0 Å². The van der Waals surface area contributed by atoms with Crippen LogP contribution in [0.15, 0.2) is 59.5 Å². The molecule has 3 heterocycles. The number of aliphatic hydroxyl groups is 1. The number of carbonyl (C=O) groups is 2. The number of anilines is 1. The number of methoxy groups -OCH3 is 1. The number of thiazole rings is 1. The number of fused-ring (bicyclic) bond motifs is 1. The fourth-order valence-corrected chi connectivity index (χ4v) is 6.32. The fraction of sp³-hybridized carbons (Fsp3) is 0.192. The van der Waals surface area contributed by atoms with Gasteiger partial charge in [0.25, 0.3) is 5.78 Å². The zero-order valence-electron chi connectivity index (χ0n) is 19.1. The van der Waals surface area contributed by atoms with Crippen molar-refractivity contribution in [2.24, 2.45) is 0 Å². The van der Waals surface area contributed by atoms with E-state index in [1.807, 2.05) is 31.4 Å². The highest BCUT2D eigenvalue weighted by molar-refractivity contribution is 7.22. The molecular weight excluding hydrogens is 504 g/mol. The molecule has 6 nitrogen and oxygen atoms in total. The number of halogens is 1. The highest BCUT2D eigenvalue weighted by Gasteiger charge is 2.48. The summed E-state index contributed by atoms with van der Waals surface area (Å²) in [4.78, 5) is 33.4. The third-order valence-electron chi connectivity index (χ3n) is 5.93. The Kier molecular flexibility index (Phi) is 6.13. The molecule has 1 saturated heterocycles. The standard InChI is InChI=1S/C26H21ClN2O4S2/c1-13(2)16-11-14(6-9-18(16)33-3)23(30)21-22(19-5-4-10-34-19)29(25(32)24(21)31)26-28-17-8-7-15(27)12-20(17)35-26/h4-13,22,30H,1-3H3/b23-21+. The fourth-order valence-electron chi connectivity index (χ4n) is 4.22. The van der Waals surface area contributed by atoms with Gasteiger partial charge in [-0.3, -0.25) is 14.5 Å². The first-order chi connectivity index (χ1) is 16.8. The lowest BCUT2D eigenvalue weighted by atomic mass is 9.95. The molecule has 1 unspecified atom stereocenters. The molecule has 1 amide bonds.